The molecule has 0 radical (unpaired) electrons. The molecule has 1 aliphatic heterocycles. The molecule has 8 nitrogen and oxygen atoms in total. The van der Waals surface area contributed by atoms with E-state index in [1.165, 1.54) is 7.11 Å². The Bertz CT molecular complexity index is 1090. The van der Waals surface area contributed by atoms with Crippen molar-refractivity contribution in [3.8, 4) is 0 Å². The van der Waals surface area contributed by atoms with Gasteiger partial charge in [0.25, 0.3) is 5.91 Å². The fourth-order valence-corrected chi connectivity index (χ4v) is 3.53. The minimum absolute atomic E-state index is 0.0634. The number of ether oxygens (including phenoxy) is 2. The lowest BCUT2D eigenvalue weighted by molar-refractivity contribution is -0.164. The Balaban J connectivity index is 1.81. The number of nitrogens with one attached hydrogen (secondary N) is 2. The van der Waals surface area contributed by atoms with E-state index in [0.717, 1.165) is 10.8 Å². The number of hydroxylamine groups is 1. The minimum Gasteiger partial charge on any atom is -0.467 e. The molecule has 0 bridgehead atoms. The van der Waals surface area contributed by atoms with Gasteiger partial charge in [0.1, 0.15) is 5.60 Å². The Morgan fingerprint density at radius 2 is 1.82 bits per heavy atom. The van der Waals surface area contributed by atoms with Gasteiger partial charge in [0.2, 0.25) is 5.60 Å². The van der Waals surface area contributed by atoms with Gasteiger partial charge in [0.15, 0.2) is 0 Å². The number of hydrogen-bond acceptors (Lipinski definition) is 7. The van der Waals surface area contributed by atoms with Crippen LogP contribution in [0.3, 0.4) is 0 Å². The highest BCUT2D eigenvalue weighted by Crippen LogP contribution is 2.25. The minimum atomic E-state index is -1.35. The molecule has 0 aromatic heterocycles. The van der Waals surface area contributed by atoms with E-state index >= 15 is 0 Å². The van der Waals surface area contributed by atoms with Crippen molar-refractivity contribution in [1.29, 1.82) is 0 Å². The van der Waals surface area contributed by atoms with Crippen molar-refractivity contribution in [2.24, 2.45) is 0 Å². The molecule has 2 aromatic carbocycles. The molecule has 0 aliphatic carbocycles. The van der Waals surface area contributed by atoms with Crippen LogP contribution >= 0.6 is 0 Å². The second-order valence-electron chi connectivity index (χ2n) is 9.12. The van der Waals surface area contributed by atoms with Crippen LogP contribution in [0.5, 0.6) is 0 Å². The van der Waals surface area contributed by atoms with Crippen molar-refractivity contribution < 1.29 is 28.7 Å². The van der Waals surface area contributed by atoms with E-state index in [-0.39, 0.29) is 24.7 Å². The maximum absolute atomic E-state index is 13.1. The maximum Gasteiger partial charge on any atom is 0.344 e. The summed E-state index contributed by atoms with van der Waals surface area (Å²) in [5.74, 6) is -1.29. The number of amides is 1. The third-order valence-electron chi connectivity index (χ3n) is 5.15. The largest absolute Gasteiger partial charge is 0.467 e. The lowest BCUT2D eigenvalue weighted by Crippen LogP contribution is -2.40. The fourth-order valence-electron chi connectivity index (χ4n) is 3.53. The van der Waals surface area contributed by atoms with Gasteiger partial charge in [-0.15, -0.1) is 0 Å². The van der Waals surface area contributed by atoms with Crippen LogP contribution in [0.15, 0.2) is 54.2 Å². The molecule has 1 unspecified atom stereocenters. The summed E-state index contributed by atoms with van der Waals surface area (Å²) in [7, 11) is 1.27. The van der Waals surface area contributed by atoms with Gasteiger partial charge in [-0.05, 0) is 63.1 Å². The maximum atomic E-state index is 13.1. The molecular weight excluding hydrogens is 424 g/mol. The van der Waals surface area contributed by atoms with Crippen LogP contribution in [0.25, 0.3) is 10.8 Å². The SMILES string of the molecule is COC(=O)C1(C)C=C([C@H](CCC(=O)OC(C)(C)C)NC(=O)c2ccc3ccccc3c2)NO1. The smallest absolute Gasteiger partial charge is 0.344 e. The topological polar surface area (TPSA) is 103 Å². The standard InChI is InChI=1S/C25H30N2O6/c1-24(2,3)32-21(28)13-12-19(20-15-25(4,33-27-20)23(30)31-5)26-22(29)18-11-10-16-8-6-7-9-17(16)14-18/h6-11,14-15,19,27H,12-13H2,1-5H3,(H,26,29)/t19-,25?/m0/s1. The van der Waals surface area contributed by atoms with E-state index in [1.54, 1.807) is 45.9 Å². The van der Waals surface area contributed by atoms with Crippen LogP contribution in [0.4, 0.5) is 0 Å². The Hall–Kier alpha value is -3.39. The summed E-state index contributed by atoms with van der Waals surface area (Å²) in [4.78, 5) is 42.9. The van der Waals surface area contributed by atoms with Gasteiger partial charge in [-0.3, -0.25) is 19.9 Å². The highest BCUT2D eigenvalue weighted by molar-refractivity contribution is 5.99. The van der Waals surface area contributed by atoms with Gasteiger partial charge in [0, 0.05) is 12.0 Å². The van der Waals surface area contributed by atoms with E-state index in [4.69, 9.17) is 14.3 Å². The number of carbonyl (C=O) groups excluding carboxylic acids is 3. The number of esters is 2. The molecule has 2 N–H and O–H groups in total. The van der Waals surface area contributed by atoms with E-state index < -0.39 is 23.2 Å². The molecule has 8 heteroatoms. The third-order valence-corrected chi connectivity index (χ3v) is 5.15. The summed E-state index contributed by atoms with van der Waals surface area (Å²) in [6.07, 6.45) is 1.86. The van der Waals surface area contributed by atoms with E-state index in [1.807, 2.05) is 30.3 Å². The van der Waals surface area contributed by atoms with E-state index in [2.05, 4.69) is 10.8 Å². The Morgan fingerprint density at radius 1 is 1.12 bits per heavy atom. The number of fused-ring (bicyclic) bond motifs is 1. The van der Waals surface area contributed by atoms with Crippen molar-refractivity contribution in [2.75, 3.05) is 7.11 Å². The first-order valence-electron chi connectivity index (χ1n) is 10.8. The normalized spacial score (nSPS) is 18.8. The quantitative estimate of drug-likeness (QED) is 0.618. The number of methoxy groups -OCH3 is 1. The Kier molecular flexibility index (Phi) is 7.07. The first kappa shape index (κ1) is 24.3. The summed E-state index contributed by atoms with van der Waals surface area (Å²) in [6.45, 7) is 6.93. The van der Waals surface area contributed by atoms with Crippen LogP contribution in [0, 0.1) is 0 Å². The fraction of sp³-hybridized carbons (Fsp3) is 0.400. The second-order valence-corrected chi connectivity index (χ2v) is 9.12. The number of hydrogen-bond donors (Lipinski definition) is 2. The Morgan fingerprint density at radius 3 is 2.48 bits per heavy atom. The van der Waals surface area contributed by atoms with Gasteiger partial charge in [-0.2, -0.15) is 0 Å². The first-order chi connectivity index (χ1) is 15.5. The molecule has 0 spiro atoms. The second kappa shape index (κ2) is 9.62. The summed E-state index contributed by atoms with van der Waals surface area (Å²) in [5, 5.41) is 4.91. The van der Waals surface area contributed by atoms with Gasteiger partial charge in [-0.25, -0.2) is 4.79 Å². The summed E-state index contributed by atoms with van der Waals surface area (Å²) in [6, 6.07) is 12.6. The average molecular weight is 455 g/mol. The molecule has 176 valence electrons. The number of rotatable bonds is 7. The van der Waals surface area contributed by atoms with Crippen LogP contribution in [0.1, 0.15) is 50.9 Å². The summed E-state index contributed by atoms with van der Waals surface area (Å²) in [5.41, 5.74) is 1.69. The molecule has 33 heavy (non-hydrogen) atoms. The van der Waals surface area contributed by atoms with Gasteiger partial charge >= 0.3 is 11.9 Å². The number of benzene rings is 2. The van der Waals surface area contributed by atoms with Gasteiger partial charge in [-0.1, -0.05) is 30.3 Å². The third kappa shape index (κ3) is 6.10. The molecule has 2 atom stereocenters. The van der Waals surface area contributed by atoms with Crippen LogP contribution in [0.2, 0.25) is 0 Å². The van der Waals surface area contributed by atoms with E-state index in [9.17, 15) is 14.4 Å². The van der Waals surface area contributed by atoms with Crippen molar-refractivity contribution in [3.63, 3.8) is 0 Å². The van der Waals surface area contributed by atoms with Gasteiger partial charge < -0.3 is 14.8 Å². The average Bonchev–Trinajstić information content (AvgIpc) is 3.17. The van der Waals surface area contributed by atoms with Crippen molar-refractivity contribution in [3.05, 3.63) is 59.8 Å². The highest BCUT2D eigenvalue weighted by atomic mass is 16.7. The Labute approximate surface area is 193 Å². The lowest BCUT2D eigenvalue weighted by Gasteiger charge is -2.22. The zero-order chi connectivity index (χ0) is 24.2. The van der Waals surface area contributed by atoms with Crippen LogP contribution in [-0.2, 0) is 23.9 Å². The first-order valence-corrected chi connectivity index (χ1v) is 10.8. The predicted molar refractivity (Wildman–Crippen MR) is 123 cm³/mol. The molecule has 0 saturated carbocycles. The van der Waals surface area contributed by atoms with Crippen molar-refractivity contribution >= 4 is 28.6 Å². The van der Waals surface area contributed by atoms with Crippen molar-refractivity contribution in [2.45, 2.75) is 57.8 Å². The molecule has 2 aromatic rings. The lowest BCUT2D eigenvalue weighted by atomic mass is 10.0. The van der Waals surface area contributed by atoms with E-state index in [0.29, 0.717) is 11.3 Å². The summed E-state index contributed by atoms with van der Waals surface area (Å²) < 4.78 is 10.2. The monoisotopic (exact) mass is 454 g/mol. The molecule has 1 aliphatic rings. The molecule has 1 amide bonds. The highest BCUT2D eigenvalue weighted by Gasteiger charge is 2.41. The molecule has 3 rings (SSSR count). The number of carbonyl (C=O) groups is 3. The summed E-state index contributed by atoms with van der Waals surface area (Å²) >= 11 is 0. The van der Waals surface area contributed by atoms with Crippen LogP contribution in [-0.4, -0.2) is 42.2 Å². The predicted octanol–water partition coefficient (Wildman–Crippen LogP) is 3.41. The molecule has 1 heterocycles. The molecular formula is C25H30N2O6. The molecule has 0 fully saturated rings. The van der Waals surface area contributed by atoms with Crippen molar-refractivity contribution in [1.82, 2.24) is 10.8 Å². The zero-order valence-electron chi connectivity index (χ0n) is 19.6. The van der Waals surface area contributed by atoms with Crippen LogP contribution < -0.4 is 10.8 Å². The zero-order valence-corrected chi connectivity index (χ0v) is 19.6. The molecule has 0 saturated heterocycles. The van der Waals surface area contributed by atoms with Gasteiger partial charge in [0.05, 0.1) is 18.8 Å².